The van der Waals surface area contributed by atoms with E-state index in [-0.39, 0.29) is 37.0 Å². The molecule has 2 aromatic carbocycles. The lowest BCUT2D eigenvalue weighted by molar-refractivity contribution is -0.137. The van der Waals surface area contributed by atoms with Gasteiger partial charge in [0.1, 0.15) is 12.2 Å². The summed E-state index contributed by atoms with van der Waals surface area (Å²) in [4.78, 5) is 40.5. The van der Waals surface area contributed by atoms with Crippen LogP contribution in [0.2, 0.25) is 0 Å². The van der Waals surface area contributed by atoms with Gasteiger partial charge in [0.25, 0.3) is 0 Å². The second-order valence-corrected chi connectivity index (χ2v) is 11.7. The van der Waals surface area contributed by atoms with Gasteiger partial charge in [0.05, 0.1) is 0 Å². The number of hydrogen-bond acceptors (Lipinski definition) is 5. The zero-order valence-corrected chi connectivity index (χ0v) is 23.4. The molecular weight excluding hydrogens is 496 g/mol. The maximum absolute atomic E-state index is 13.4. The van der Waals surface area contributed by atoms with E-state index in [1.807, 2.05) is 52.0 Å². The van der Waals surface area contributed by atoms with Gasteiger partial charge < -0.3 is 24.4 Å². The summed E-state index contributed by atoms with van der Waals surface area (Å²) >= 11 is 0. The van der Waals surface area contributed by atoms with E-state index in [4.69, 9.17) is 14.6 Å². The monoisotopic (exact) mass is 536 g/mol. The second-order valence-electron chi connectivity index (χ2n) is 11.7. The molecule has 1 heterocycles. The van der Waals surface area contributed by atoms with Crippen molar-refractivity contribution in [3.8, 4) is 11.1 Å². The van der Waals surface area contributed by atoms with Crippen LogP contribution < -0.4 is 0 Å². The largest absolute Gasteiger partial charge is 0.481 e. The molecule has 0 radical (unpaired) electrons. The highest BCUT2D eigenvalue weighted by atomic mass is 16.6. The Labute approximate surface area is 230 Å². The second kappa shape index (κ2) is 12.1. The predicted molar refractivity (Wildman–Crippen MR) is 149 cm³/mol. The van der Waals surface area contributed by atoms with Gasteiger partial charge in [0, 0.05) is 38.0 Å². The maximum atomic E-state index is 13.4. The van der Waals surface area contributed by atoms with Gasteiger partial charge in [0.2, 0.25) is 0 Å². The van der Waals surface area contributed by atoms with Crippen molar-refractivity contribution < 1.29 is 29.0 Å². The first-order valence-corrected chi connectivity index (χ1v) is 13.8. The Balaban J connectivity index is 1.40. The van der Waals surface area contributed by atoms with Crippen molar-refractivity contribution in [2.75, 3.05) is 26.2 Å². The topological polar surface area (TPSA) is 96.4 Å². The normalized spacial score (nSPS) is 18.7. The number of benzene rings is 2. The van der Waals surface area contributed by atoms with Crippen molar-refractivity contribution in [2.45, 2.75) is 70.9 Å². The molecule has 1 saturated heterocycles. The lowest BCUT2D eigenvalue weighted by Gasteiger charge is -2.39. The van der Waals surface area contributed by atoms with E-state index in [2.05, 4.69) is 24.3 Å². The summed E-state index contributed by atoms with van der Waals surface area (Å²) in [6.07, 6.45) is 1.06. The van der Waals surface area contributed by atoms with E-state index < -0.39 is 17.7 Å². The number of hydrogen-bond donors (Lipinski definition) is 1. The SMILES string of the molecule is CC1CC(CN(CCCC(=O)O)C(=O)OCC2c3ccccc3-c3ccccc32)CCN1C(=O)OC(C)(C)C. The lowest BCUT2D eigenvalue weighted by Crippen LogP contribution is -2.49. The van der Waals surface area contributed by atoms with Crippen LogP contribution in [0, 0.1) is 5.92 Å². The summed E-state index contributed by atoms with van der Waals surface area (Å²) in [6.45, 7) is 9.10. The van der Waals surface area contributed by atoms with Crippen LogP contribution in [0.25, 0.3) is 11.1 Å². The highest BCUT2D eigenvalue weighted by Gasteiger charge is 2.34. The summed E-state index contributed by atoms with van der Waals surface area (Å²) in [5.41, 5.74) is 4.06. The number of carbonyl (C=O) groups excluding carboxylic acids is 2. The molecule has 1 N–H and O–H groups in total. The van der Waals surface area contributed by atoms with E-state index in [0.29, 0.717) is 26.1 Å². The van der Waals surface area contributed by atoms with Crippen LogP contribution in [-0.4, -0.2) is 70.9 Å². The minimum absolute atomic E-state index is 0.0132. The molecule has 1 aliphatic heterocycles. The Kier molecular flexibility index (Phi) is 8.83. The average Bonchev–Trinajstić information content (AvgIpc) is 3.19. The van der Waals surface area contributed by atoms with Crippen LogP contribution >= 0.6 is 0 Å². The number of carboxylic acid groups (broad SMARTS) is 1. The third kappa shape index (κ3) is 7.11. The molecule has 4 rings (SSSR count). The van der Waals surface area contributed by atoms with Crippen LogP contribution in [-0.2, 0) is 14.3 Å². The molecule has 210 valence electrons. The Morgan fingerprint density at radius 3 is 2.21 bits per heavy atom. The summed E-state index contributed by atoms with van der Waals surface area (Å²) < 4.78 is 11.5. The first-order chi connectivity index (χ1) is 18.5. The summed E-state index contributed by atoms with van der Waals surface area (Å²) in [6, 6.07) is 16.4. The molecule has 2 aliphatic rings. The molecule has 2 aromatic rings. The molecule has 8 heteroatoms. The van der Waals surface area contributed by atoms with E-state index in [0.717, 1.165) is 35.1 Å². The molecule has 0 aromatic heterocycles. The summed E-state index contributed by atoms with van der Waals surface area (Å²) in [7, 11) is 0. The van der Waals surface area contributed by atoms with Gasteiger partial charge in [-0.2, -0.15) is 0 Å². The zero-order chi connectivity index (χ0) is 28.2. The standard InChI is InChI=1S/C31H40N2O6/c1-21-18-22(15-17-33(21)30(37)39-31(2,3)4)19-32(16-9-14-28(34)35)29(36)38-20-27-25-12-7-5-10-23(25)24-11-6-8-13-26(24)27/h5-8,10-13,21-22,27H,9,14-20H2,1-4H3,(H,34,35). The van der Waals surface area contributed by atoms with Gasteiger partial charge in [-0.1, -0.05) is 48.5 Å². The number of piperidine rings is 1. The number of amides is 2. The molecule has 0 bridgehead atoms. The molecular formula is C31H40N2O6. The highest BCUT2D eigenvalue weighted by Crippen LogP contribution is 2.44. The Morgan fingerprint density at radius 1 is 1.03 bits per heavy atom. The highest BCUT2D eigenvalue weighted by molar-refractivity contribution is 5.79. The number of ether oxygens (including phenoxy) is 2. The van der Waals surface area contributed by atoms with Crippen LogP contribution in [0.3, 0.4) is 0 Å². The summed E-state index contributed by atoms with van der Waals surface area (Å²) in [5.74, 6) is -0.759. The molecule has 2 atom stereocenters. The quantitative estimate of drug-likeness (QED) is 0.435. The van der Waals surface area contributed by atoms with Gasteiger partial charge in [-0.3, -0.25) is 4.79 Å². The number of likely N-dealkylation sites (tertiary alicyclic amines) is 1. The van der Waals surface area contributed by atoms with E-state index in [1.165, 1.54) is 0 Å². The third-order valence-corrected chi connectivity index (χ3v) is 7.50. The smallest absolute Gasteiger partial charge is 0.410 e. The fourth-order valence-corrected chi connectivity index (χ4v) is 5.70. The number of aliphatic carboxylic acids is 1. The van der Waals surface area contributed by atoms with E-state index >= 15 is 0 Å². The summed E-state index contributed by atoms with van der Waals surface area (Å²) in [5, 5.41) is 9.13. The van der Waals surface area contributed by atoms with Gasteiger partial charge in [-0.15, -0.1) is 0 Å². The Hall–Kier alpha value is -3.55. The van der Waals surface area contributed by atoms with Crippen molar-refractivity contribution in [1.82, 2.24) is 9.80 Å². The fraction of sp³-hybridized carbons (Fsp3) is 0.516. The van der Waals surface area contributed by atoms with Crippen molar-refractivity contribution in [1.29, 1.82) is 0 Å². The molecule has 39 heavy (non-hydrogen) atoms. The molecule has 0 saturated carbocycles. The molecule has 1 fully saturated rings. The number of rotatable bonds is 8. The van der Waals surface area contributed by atoms with Gasteiger partial charge >= 0.3 is 18.2 Å². The Bertz CT molecular complexity index is 1140. The van der Waals surface area contributed by atoms with Crippen LogP contribution in [0.1, 0.15) is 70.4 Å². The van der Waals surface area contributed by atoms with Gasteiger partial charge in [0.15, 0.2) is 0 Å². The van der Waals surface area contributed by atoms with Crippen LogP contribution in [0.15, 0.2) is 48.5 Å². The number of fused-ring (bicyclic) bond motifs is 3. The minimum atomic E-state index is -0.887. The molecule has 0 spiro atoms. The first kappa shape index (κ1) is 28.5. The average molecular weight is 537 g/mol. The van der Waals surface area contributed by atoms with E-state index in [1.54, 1.807) is 9.80 Å². The molecule has 2 unspecified atom stereocenters. The first-order valence-electron chi connectivity index (χ1n) is 13.8. The van der Waals surface area contributed by atoms with E-state index in [9.17, 15) is 14.4 Å². The number of carboxylic acids is 1. The zero-order valence-electron chi connectivity index (χ0n) is 23.4. The number of nitrogens with zero attached hydrogens (tertiary/aromatic N) is 2. The van der Waals surface area contributed by atoms with Crippen molar-refractivity contribution in [3.05, 3.63) is 59.7 Å². The fourth-order valence-electron chi connectivity index (χ4n) is 5.70. The minimum Gasteiger partial charge on any atom is -0.481 e. The van der Waals surface area contributed by atoms with Crippen molar-refractivity contribution >= 4 is 18.2 Å². The van der Waals surface area contributed by atoms with Crippen LogP contribution in [0.4, 0.5) is 9.59 Å². The molecule has 1 aliphatic carbocycles. The van der Waals surface area contributed by atoms with Crippen LogP contribution in [0.5, 0.6) is 0 Å². The Morgan fingerprint density at radius 2 is 1.64 bits per heavy atom. The third-order valence-electron chi connectivity index (χ3n) is 7.50. The molecule has 8 nitrogen and oxygen atoms in total. The maximum Gasteiger partial charge on any atom is 0.410 e. The van der Waals surface area contributed by atoms with Gasteiger partial charge in [-0.05, 0) is 75.1 Å². The van der Waals surface area contributed by atoms with Gasteiger partial charge in [-0.25, -0.2) is 9.59 Å². The lowest BCUT2D eigenvalue weighted by atomic mass is 9.91. The predicted octanol–water partition coefficient (Wildman–Crippen LogP) is 6.14. The van der Waals surface area contributed by atoms with Crippen molar-refractivity contribution in [2.24, 2.45) is 5.92 Å². The van der Waals surface area contributed by atoms with Crippen molar-refractivity contribution in [3.63, 3.8) is 0 Å². The number of carbonyl (C=O) groups is 3. The molecule has 2 amide bonds.